The summed E-state index contributed by atoms with van der Waals surface area (Å²) in [7, 11) is -3.37. The number of primary sulfonamides is 1. The molecule has 7 heteroatoms. The Balaban J connectivity index is 2.28. The van der Waals surface area contributed by atoms with Gasteiger partial charge in [-0.05, 0) is 30.7 Å². The van der Waals surface area contributed by atoms with Gasteiger partial charge < -0.3 is 10.6 Å². The molecule has 0 saturated heterocycles. The number of anilines is 1. The molecule has 1 aromatic rings. The van der Waals surface area contributed by atoms with Crippen LogP contribution in [0.2, 0.25) is 0 Å². The number of carbonyl (C=O) groups is 1. The summed E-state index contributed by atoms with van der Waals surface area (Å²) >= 11 is 0. The van der Waals surface area contributed by atoms with Crippen molar-refractivity contribution in [2.24, 2.45) is 5.14 Å². The number of nitrogens with two attached hydrogens (primary N) is 1. The van der Waals surface area contributed by atoms with Gasteiger partial charge in [0.15, 0.2) is 0 Å². The second-order valence-electron chi connectivity index (χ2n) is 4.28. The molecule has 106 valence electrons. The lowest BCUT2D eigenvalue weighted by atomic mass is 10.2. The molecule has 0 aliphatic heterocycles. The molecule has 19 heavy (non-hydrogen) atoms. The second kappa shape index (κ2) is 7.22. The SMILES string of the molecule is CC(=O)Nc1ccc(CNCCCS(N)(=O)=O)cc1. The maximum Gasteiger partial charge on any atom is 0.221 e. The molecule has 1 amide bonds. The molecular formula is C12H19N3O3S. The molecule has 0 aliphatic carbocycles. The molecule has 4 N–H and O–H groups in total. The Labute approximate surface area is 113 Å². The van der Waals surface area contributed by atoms with E-state index in [9.17, 15) is 13.2 Å². The average Bonchev–Trinajstić information content (AvgIpc) is 2.28. The first-order chi connectivity index (χ1) is 8.87. The quantitative estimate of drug-likeness (QED) is 0.632. The van der Waals surface area contributed by atoms with Crippen LogP contribution >= 0.6 is 0 Å². The molecule has 6 nitrogen and oxygen atoms in total. The van der Waals surface area contributed by atoms with E-state index in [1.807, 2.05) is 24.3 Å². The zero-order chi connectivity index (χ0) is 14.3. The number of hydrogen-bond donors (Lipinski definition) is 3. The number of hydrogen-bond acceptors (Lipinski definition) is 4. The molecule has 0 bridgehead atoms. The topological polar surface area (TPSA) is 101 Å². The van der Waals surface area contributed by atoms with E-state index in [4.69, 9.17) is 5.14 Å². The van der Waals surface area contributed by atoms with E-state index in [2.05, 4.69) is 10.6 Å². The van der Waals surface area contributed by atoms with E-state index < -0.39 is 10.0 Å². The van der Waals surface area contributed by atoms with Gasteiger partial charge in [0.1, 0.15) is 0 Å². The van der Waals surface area contributed by atoms with Crippen molar-refractivity contribution < 1.29 is 13.2 Å². The zero-order valence-corrected chi connectivity index (χ0v) is 11.7. The van der Waals surface area contributed by atoms with Gasteiger partial charge in [0.2, 0.25) is 15.9 Å². The third-order valence-electron chi connectivity index (χ3n) is 2.39. The highest BCUT2D eigenvalue weighted by Crippen LogP contribution is 2.09. The van der Waals surface area contributed by atoms with E-state index in [0.29, 0.717) is 19.5 Å². The summed E-state index contributed by atoms with van der Waals surface area (Å²) in [5.74, 6) is -0.115. The van der Waals surface area contributed by atoms with Crippen molar-refractivity contribution in [1.82, 2.24) is 5.32 Å². The predicted octanol–water partition coefficient (Wildman–Crippen LogP) is 0.413. The number of sulfonamides is 1. The Morgan fingerprint density at radius 3 is 2.42 bits per heavy atom. The Morgan fingerprint density at radius 1 is 1.26 bits per heavy atom. The molecule has 0 aromatic heterocycles. The highest BCUT2D eigenvalue weighted by atomic mass is 32.2. The minimum atomic E-state index is -3.37. The molecule has 0 aliphatic rings. The van der Waals surface area contributed by atoms with Crippen LogP contribution < -0.4 is 15.8 Å². The molecule has 0 atom stereocenters. The molecular weight excluding hydrogens is 266 g/mol. The fourth-order valence-corrected chi connectivity index (χ4v) is 2.09. The summed E-state index contributed by atoms with van der Waals surface area (Å²) in [5.41, 5.74) is 1.81. The van der Waals surface area contributed by atoms with Crippen LogP contribution in [-0.4, -0.2) is 26.6 Å². The van der Waals surface area contributed by atoms with Crippen LogP contribution in [0.5, 0.6) is 0 Å². The Kier molecular flexibility index (Phi) is 5.94. The van der Waals surface area contributed by atoms with Crippen LogP contribution in [0, 0.1) is 0 Å². The average molecular weight is 285 g/mol. The standard InChI is InChI=1S/C12H19N3O3S/c1-10(16)15-12-5-3-11(4-6-12)9-14-7-2-8-19(13,17)18/h3-6,14H,2,7-9H2,1H3,(H,15,16)(H2,13,17,18). The molecule has 0 heterocycles. The van der Waals surface area contributed by atoms with Gasteiger partial charge in [-0.2, -0.15) is 0 Å². The van der Waals surface area contributed by atoms with Gasteiger partial charge in [0.25, 0.3) is 0 Å². The minimum Gasteiger partial charge on any atom is -0.326 e. The van der Waals surface area contributed by atoms with Gasteiger partial charge >= 0.3 is 0 Å². The van der Waals surface area contributed by atoms with Crippen LogP contribution in [0.25, 0.3) is 0 Å². The summed E-state index contributed by atoms with van der Waals surface area (Å²) in [4.78, 5) is 10.8. The third kappa shape index (κ3) is 7.55. The van der Waals surface area contributed by atoms with Crippen molar-refractivity contribution in [2.75, 3.05) is 17.6 Å². The third-order valence-corrected chi connectivity index (χ3v) is 3.24. The van der Waals surface area contributed by atoms with E-state index in [-0.39, 0.29) is 11.7 Å². The monoisotopic (exact) mass is 285 g/mol. The summed E-state index contributed by atoms with van der Waals surface area (Å²) < 4.78 is 21.4. The van der Waals surface area contributed by atoms with Gasteiger partial charge in [-0.1, -0.05) is 12.1 Å². The smallest absolute Gasteiger partial charge is 0.221 e. The predicted molar refractivity (Wildman–Crippen MR) is 75.0 cm³/mol. The van der Waals surface area contributed by atoms with Gasteiger partial charge in [0, 0.05) is 19.2 Å². The maximum absolute atomic E-state index is 10.8. The Hall–Kier alpha value is -1.44. The number of amides is 1. The van der Waals surface area contributed by atoms with Crippen LogP contribution in [0.3, 0.4) is 0 Å². The maximum atomic E-state index is 10.8. The molecule has 0 spiro atoms. The van der Waals surface area contributed by atoms with Crippen molar-refractivity contribution in [3.05, 3.63) is 29.8 Å². The summed E-state index contributed by atoms with van der Waals surface area (Å²) in [6.07, 6.45) is 0.489. The lowest BCUT2D eigenvalue weighted by Gasteiger charge is -2.06. The molecule has 1 rings (SSSR count). The number of rotatable bonds is 7. The minimum absolute atomic E-state index is 0.0124. The van der Waals surface area contributed by atoms with Crippen molar-refractivity contribution in [3.8, 4) is 0 Å². The van der Waals surface area contributed by atoms with E-state index in [1.54, 1.807) is 0 Å². The molecule has 0 radical (unpaired) electrons. The lowest BCUT2D eigenvalue weighted by molar-refractivity contribution is -0.114. The van der Waals surface area contributed by atoms with Gasteiger partial charge in [-0.3, -0.25) is 4.79 Å². The fraction of sp³-hybridized carbons (Fsp3) is 0.417. The van der Waals surface area contributed by atoms with E-state index >= 15 is 0 Å². The summed E-state index contributed by atoms with van der Waals surface area (Å²) in [6, 6.07) is 7.45. The molecule has 1 aromatic carbocycles. The van der Waals surface area contributed by atoms with Gasteiger partial charge in [0.05, 0.1) is 5.75 Å². The molecule has 0 fully saturated rings. The van der Waals surface area contributed by atoms with Crippen molar-refractivity contribution in [3.63, 3.8) is 0 Å². The Bertz CT molecular complexity index is 512. The largest absolute Gasteiger partial charge is 0.326 e. The zero-order valence-electron chi connectivity index (χ0n) is 10.8. The highest BCUT2D eigenvalue weighted by Gasteiger charge is 2.01. The molecule has 0 saturated carbocycles. The van der Waals surface area contributed by atoms with Gasteiger partial charge in [-0.15, -0.1) is 0 Å². The van der Waals surface area contributed by atoms with Crippen molar-refractivity contribution in [2.45, 2.75) is 19.9 Å². The van der Waals surface area contributed by atoms with E-state index in [0.717, 1.165) is 11.3 Å². The van der Waals surface area contributed by atoms with Crippen LogP contribution in [0.1, 0.15) is 18.9 Å². The van der Waals surface area contributed by atoms with Crippen LogP contribution in [0.4, 0.5) is 5.69 Å². The van der Waals surface area contributed by atoms with Crippen LogP contribution in [0.15, 0.2) is 24.3 Å². The molecule has 0 unspecified atom stereocenters. The first-order valence-corrected chi connectivity index (χ1v) is 7.66. The number of carbonyl (C=O) groups excluding carboxylic acids is 1. The summed E-state index contributed by atoms with van der Waals surface area (Å²) in [6.45, 7) is 2.69. The van der Waals surface area contributed by atoms with E-state index in [1.165, 1.54) is 6.92 Å². The second-order valence-corrected chi connectivity index (χ2v) is 6.01. The number of nitrogens with one attached hydrogen (secondary N) is 2. The van der Waals surface area contributed by atoms with Gasteiger partial charge in [-0.25, -0.2) is 13.6 Å². The van der Waals surface area contributed by atoms with Crippen LogP contribution in [-0.2, 0) is 21.4 Å². The normalized spacial score (nSPS) is 11.3. The fourth-order valence-electron chi connectivity index (χ4n) is 1.54. The van der Waals surface area contributed by atoms with Crippen molar-refractivity contribution >= 4 is 21.6 Å². The Morgan fingerprint density at radius 2 is 1.89 bits per heavy atom. The lowest BCUT2D eigenvalue weighted by Crippen LogP contribution is -2.22. The number of benzene rings is 1. The first kappa shape index (κ1) is 15.6. The summed E-state index contributed by atoms with van der Waals surface area (Å²) in [5, 5.41) is 10.7. The first-order valence-electron chi connectivity index (χ1n) is 5.94. The van der Waals surface area contributed by atoms with Crippen molar-refractivity contribution in [1.29, 1.82) is 0 Å². The highest BCUT2D eigenvalue weighted by molar-refractivity contribution is 7.89.